The van der Waals surface area contributed by atoms with Crippen molar-refractivity contribution in [2.45, 2.75) is 18.9 Å². The average Bonchev–Trinajstić information content (AvgIpc) is 3.38. The molecule has 2 unspecified atom stereocenters. The van der Waals surface area contributed by atoms with Crippen molar-refractivity contribution in [3.8, 4) is 0 Å². The first-order chi connectivity index (χ1) is 13.6. The molecule has 0 radical (unpaired) electrons. The van der Waals surface area contributed by atoms with Crippen LogP contribution in [-0.2, 0) is 14.4 Å². The van der Waals surface area contributed by atoms with E-state index in [9.17, 15) is 4.79 Å². The van der Waals surface area contributed by atoms with Gasteiger partial charge in [0.05, 0.1) is 17.3 Å². The summed E-state index contributed by atoms with van der Waals surface area (Å²) in [7, 11) is 0. The van der Waals surface area contributed by atoms with Crippen molar-refractivity contribution in [3.05, 3.63) is 64.1 Å². The van der Waals surface area contributed by atoms with Crippen LogP contribution in [0.4, 0.5) is 5.69 Å². The largest absolute Gasteiger partial charge is 0.382 e. The number of amides is 1. The van der Waals surface area contributed by atoms with E-state index in [1.54, 1.807) is 23.1 Å². The number of anilines is 1. The summed E-state index contributed by atoms with van der Waals surface area (Å²) in [6.45, 7) is 2.01. The molecule has 0 N–H and O–H groups in total. The van der Waals surface area contributed by atoms with Crippen LogP contribution in [0, 0.1) is 5.92 Å². The zero-order chi connectivity index (χ0) is 19.5. The molecule has 1 amide bonds. The number of para-hydroxylation sites is 1. The van der Waals surface area contributed by atoms with Crippen molar-refractivity contribution in [2.75, 3.05) is 24.7 Å². The molecule has 0 spiro atoms. The number of carbonyl (C=O) groups excluding carboxylic acids is 1. The van der Waals surface area contributed by atoms with Crippen molar-refractivity contribution < 1.29 is 14.4 Å². The van der Waals surface area contributed by atoms with Gasteiger partial charge in [0.25, 0.3) is 5.91 Å². The fraction of sp³-hybridized carbons (Fsp3) is 0.333. The molecule has 0 aromatic heterocycles. The van der Waals surface area contributed by atoms with Crippen LogP contribution in [0.3, 0.4) is 0 Å². The average molecular weight is 419 g/mol. The predicted molar refractivity (Wildman–Crippen MR) is 110 cm³/mol. The number of carbonyl (C=O) groups is 1. The predicted octanol–water partition coefficient (Wildman–Crippen LogP) is 4.56. The smallest absolute Gasteiger partial charge is 0.271 e. The molecule has 28 heavy (non-hydrogen) atoms. The second kappa shape index (κ2) is 8.52. The highest BCUT2D eigenvalue weighted by Crippen LogP contribution is 2.28. The molecule has 2 aliphatic rings. The molecule has 4 rings (SSSR count). The summed E-state index contributed by atoms with van der Waals surface area (Å²) < 4.78 is 5.48. The molecule has 1 fully saturated rings. The van der Waals surface area contributed by atoms with Crippen LogP contribution in [-0.4, -0.2) is 37.5 Å². The quantitative estimate of drug-likeness (QED) is 0.714. The molecule has 7 heteroatoms. The highest BCUT2D eigenvalue weighted by atomic mass is 35.5. The Morgan fingerprint density at radius 1 is 1.18 bits per heavy atom. The van der Waals surface area contributed by atoms with Gasteiger partial charge in [0.15, 0.2) is 0 Å². The Hall–Kier alpha value is -2.08. The number of nitrogens with zero attached hydrogens (tertiary/aromatic N) is 2. The van der Waals surface area contributed by atoms with Crippen LogP contribution >= 0.6 is 23.2 Å². The molecule has 0 bridgehead atoms. The van der Waals surface area contributed by atoms with Crippen molar-refractivity contribution in [1.29, 1.82) is 0 Å². The van der Waals surface area contributed by atoms with Gasteiger partial charge >= 0.3 is 0 Å². The summed E-state index contributed by atoms with van der Waals surface area (Å²) in [5.74, 6) is 0.207. The Labute approximate surface area is 173 Å². The first-order valence-electron chi connectivity index (χ1n) is 9.24. The lowest BCUT2D eigenvalue weighted by molar-refractivity contribution is -0.128. The van der Waals surface area contributed by atoms with Gasteiger partial charge < -0.3 is 14.5 Å². The summed E-state index contributed by atoms with van der Waals surface area (Å²) in [5.41, 5.74) is 2.23. The van der Waals surface area contributed by atoms with Crippen molar-refractivity contribution in [2.24, 2.45) is 11.1 Å². The molecule has 2 aromatic rings. The van der Waals surface area contributed by atoms with E-state index in [0.29, 0.717) is 41.2 Å². The molecule has 1 saturated heterocycles. The second-order valence-electron chi connectivity index (χ2n) is 6.97. The second-order valence-corrected chi connectivity index (χ2v) is 7.82. The fourth-order valence-corrected chi connectivity index (χ4v) is 4.00. The number of ether oxygens (including phenoxy) is 1. The number of halogens is 2. The minimum atomic E-state index is -0.677. The third kappa shape index (κ3) is 4.17. The van der Waals surface area contributed by atoms with E-state index in [1.165, 1.54) is 0 Å². The summed E-state index contributed by atoms with van der Waals surface area (Å²) in [6, 6.07) is 14.8. The first-order valence-corrected chi connectivity index (χ1v) is 9.99. The van der Waals surface area contributed by atoms with E-state index in [4.69, 9.17) is 32.8 Å². The number of hydrogen-bond acceptors (Lipinski definition) is 4. The maximum atomic E-state index is 13.3. The van der Waals surface area contributed by atoms with E-state index >= 15 is 0 Å². The van der Waals surface area contributed by atoms with Gasteiger partial charge in [0, 0.05) is 41.8 Å². The van der Waals surface area contributed by atoms with Gasteiger partial charge in [0.2, 0.25) is 6.10 Å². The third-order valence-corrected chi connectivity index (χ3v) is 5.53. The Bertz CT molecular complexity index is 882. The van der Waals surface area contributed by atoms with Gasteiger partial charge in [-0.05, 0) is 30.7 Å². The van der Waals surface area contributed by atoms with Gasteiger partial charge in [0.1, 0.15) is 0 Å². The molecule has 2 atom stereocenters. The Morgan fingerprint density at radius 3 is 2.71 bits per heavy atom. The summed E-state index contributed by atoms with van der Waals surface area (Å²) in [5, 5.41) is 5.17. The SMILES string of the molecule is O=C(C1CC(c2ccc(Cl)cc2Cl)=NO1)N(CC1CCOC1)c1ccccc1. The summed E-state index contributed by atoms with van der Waals surface area (Å²) >= 11 is 12.2. The molecule has 5 nitrogen and oxygen atoms in total. The molecule has 0 aliphatic carbocycles. The van der Waals surface area contributed by atoms with E-state index in [0.717, 1.165) is 24.3 Å². The van der Waals surface area contributed by atoms with Crippen molar-refractivity contribution >= 4 is 40.5 Å². The minimum Gasteiger partial charge on any atom is -0.382 e. The van der Waals surface area contributed by atoms with E-state index in [-0.39, 0.29) is 5.91 Å². The number of oxime groups is 1. The zero-order valence-corrected chi connectivity index (χ0v) is 16.7. The molecular formula is C21H20Cl2N2O3. The van der Waals surface area contributed by atoms with E-state index in [2.05, 4.69) is 5.16 Å². The lowest BCUT2D eigenvalue weighted by Gasteiger charge is -2.27. The van der Waals surface area contributed by atoms with E-state index in [1.807, 2.05) is 30.3 Å². The Kier molecular flexibility index (Phi) is 5.85. The maximum Gasteiger partial charge on any atom is 0.271 e. The highest BCUT2D eigenvalue weighted by Gasteiger charge is 2.35. The first kappa shape index (κ1) is 19.2. The molecule has 2 aliphatic heterocycles. The van der Waals surface area contributed by atoms with Gasteiger partial charge in [-0.25, -0.2) is 0 Å². The minimum absolute atomic E-state index is 0.109. The normalized spacial score (nSPS) is 21.3. The van der Waals surface area contributed by atoms with Crippen LogP contribution < -0.4 is 4.90 Å². The molecule has 2 heterocycles. The topological polar surface area (TPSA) is 51.1 Å². The molecule has 146 valence electrons. The lowest BCUT2D eigenvalue weighted by atomic mass is 10.0. The van der Waals surface area contributed by atoms with Crippen molar-refractivity contribution in [3.63, 3.8) is 0 Å². The number of rotatable bonds is 5. The number of hydrogen-bond donors (Lipinski definition) is 0. The summed E-state index contributed by atoms with van der Waals surface area (Å²) in [6.07, 6.45) is 0.638. The van der Waals surface area contributed by atoms with Crippen LogP contribution in [0.2, 0.25) is 10.0 Å². The lowest BCUT2D eigenvalue weighted by Crippen LogP contribution is -2.42. The maximum absolute atomic E-state index is 13.3. The van der Waals surface area contributed by atoms with Gasteiger partial charge in [-0.1, -0.05) is 52.6 Å². The van der Waals surface area contributed by atoms with Gasteiger partial charge in [-0.3, -0.25) is 4.79 Å². The van der Waals surface area contributed by atoms with Crippen LogP contribution in [0.25, 0.3) is 0 Å². The third-order valence-electron chi connectivity index (χ3n) is 4.99. The van der Waals surface area contributed by atoms with E-state index < -0.39 is 6.10 Å². The summed E-state index contributed by atoms with van der Waals surface area (Å²) in [4.78, 5) is 20.6. The molecule has 0 saturated carbocycles. The standard InChI is InChI=1S/C21H20Cl2N2O3/c22-15-6-7-17(18(23)10-15)19-11-20(28-24-19)21(26)25(12-14-8-9-27-13-14)16-4-2-1-3-5-16/h1-7,10,14,20H,8-9,11-13H2. The van der Waals surface area contributed by atoms with Crippen LogP contribution in [0.5, 0.6) is 0 Å². The van der Waals surface area contributed by atoms with Gasteiger partial charge in [-0.2, -0.15) is 0 Å². The van der Waals surface area contributed by atoms with Gasteiger partial charge in [-0.15, -0.1) is 0 Å². The van der Waals surface area contributed by atoms with Crippen LogP contribution in [0.15, 0.2) is 53.7 Å². The monoisotopic (exact) mass is 418 g/mol. The zero-order valence-electron chi connectivity index (χ0n) is 15.2. The Balaban J connectivity index is 1.51. The highest BCUT2D eigenvalue weighted by molar-refractivity contribution is 6.37. The molecular weight excluding hydrogens is 399 g/mol. The molecule has 2 aromatic carbocycles. The number of benzene rings is 2. The van der Waals surface area contributed by atoms with Crippen LogP contribution in [0.1, 0.15) is 18.4 Å². The fourth-order valence-electron chi connectivity index (χ4n) is 3.48. The Morgan fingerprint density at radius 2 is 2.00 bits per heavy atom. The van der Waals surface area contributed by atoms with Crippen molar-refractivity contribution in [1.82, 2.24) is 0 Å².